The van der Waals surface area contributed by atoms with Crippen LogP contribution in [0.5, 0.6) is 0 Å². The molecule has 0 unspecified atom stereocenters. The fourth-order valence-electron chi connectivity index (χ4n) is 3.39. The maximum absolute atomic E-state index is 12.7. The molecule has 0 aliphatic carbocycles. The Kier molecular flexibility index (Phi) is 6.33. The topological polar surface area (TPSA) is 128 Å². The van der Waals surface area contributed by atoms with Crippen molar-refractivity contribution in [3.8, 4) is 28.1 Å². The van der Waals surface area contributed by atoms with Crippen molar-refractivity contribution in [1.82, 2.24) is 24.5 Å². The van der Waals surface area contributed by atoms with Gasteiger partial charge in [-0.2, -0.15) is 15.3 Å². The molecule has 1 N–H and O–H groups in total. The summed E-state index contributed by atoms with van der Waals surface area (Å²) in [5, 5.41) is 22.4. The number of benzene rings is 2. The highest BCUT2D eigenvalue weighted by Gasteiger charge is 2.22. The number of nitriles is 1. The number of para-hydroxylation sites is 2. The number of aromatic nitrogens is 5. The number of esters is 1. The summed E-state index contributed by atoms with van der Waals surface area (Å²) < 4.78 is 8.16. The van der Waals surface area contributed by atoms with E-state index in [2.05, 4.69) is 20.5 Å². The lowest BCUT2D eigenvalue weighted by atomic mass is 10.3. The molecule has 36 heavy (non-hydrogen) atoms. The number of anilines is 1. The molecule has 1 amide bonds. The molecule has 0 saturated carbocycles. The summed E-state index contributed by atoms with van der Waals surface area (Å²) >= 11 is 1.46. The highest BCUT2D eigenvalue weighted by Crippen LogP contribution is 2.26. The molecule has 176 valence electrons. The first-order valence-electron chi connectivity index (χ1n) is 10.7. The van der Waals surface area contributed by atoms with Crippen LogP contribution in [0.1, 0.15) is 16.2 Å². The first-order valence-corrected chi connectivity index (χ1v) is 11.6. The fourth-order valence-corrected chi connectivity index (χ4v) is 4.09. The van der Waals surface area contributed by atoms with Crippen molar-refractivity contribution >= 4 is 29.0 Å². The Morgan fingerprint density at radius 2 is 1.67 bits per heavy atom. The number of nitrogens with one attached hydrogen (secondary N) is 1. The zero-order valence-electron chi connectivity index (χ0n) is 18.6. The van der Waals surface area contributed by atoms with E-state index in [-0.39, 0.29) is 17.2 Å². The molecule has 0 aliphatic rings. The zero-order chi connectivity index (χ0) is 24.9. The molecule has 0 saturated heterocycles. The second-order valence-electron chi connectivity index (χ2n) is 7.37. The Morgan fingerprint density at radius 3 is 2.31 bits per heavy atom. The number of ether oxygens (including phenoxy) is 1. The summed E-state index contributed by atoms with van der Waals surface area (Å²) in [5.74, 6) is -1.01. The summed E-state index contributed by atoms with van der Waals surface area (Å²) in [6.45, 7) is -0.599. The molecule has 5 aromatic rings. The van der Waals surface area contributed by atoms with Crippen LogP contribution < -0.4 is 5.32 Å². The molecule has 3 heterocycles. The van der Waals surface area contributed by atoms with Crippen molar-refractivity contribution in [2.24, 2.45) is 0 Å². The van der Waals surface area contributed by atoms with Gasteiger partial charge in [-0.25, -0.2) is 14.2 Å². The third-order valence-corrected chi connectivity index (χ3v) is 5.88. The standard InChI is InChI=1S/C25H17N7O3S/c26-14-17-15-27-31(18-8-3-1-4-9-18)23(17)28-21(33)16-35-25(34)22-29-24(20-12-7-13-36-20)32(30-22)19-10-5-2-6-11-19/h1-13,15H,16H2,(H,28,33). The van der Waals surface area contributed by atoms with Gasteiger partial charge < -0.3 is 10.1 Å². The molecule has 11 heteroatoms. The third kappa shape index (κ3) is 4.61. The largest absolute Gasteiger partial charge is 0.450 e. The van der Waals surface area contributed by atoms with Crippen molar-refractivity contribution in [2.45, 2.75) is 0 Å². The van der Waals surface area contributed by atoms with Gasteiger partial charge in [0.1, 0.15) is 11.6 Å². The normalized spacial score (nSPS) is 10.5. The van der Waals surface area contributed by atoms with Crippen LogP contribution >= 0.6 is 11.3 Å². The minimum Gasteiger partial charge on any atom is -0.450 e. The highest BCUT2D eigenvalue weighted by atomic mass is 32.1. The number of carbonyl (C=O) groups excluding carboxylic acids is 2. The van der Waals surface area contributed by atoms with Gasteiger partial charge >= 0.3 is 5.97 Å². The van der Waals surface area contributed by atoms with E-state index in [1.165, 1.54) is 22.2 Å². The molecule has 5 rings (SSSR count). The Labute approximate surface area is 209 Å². The smallest absolute Gasteiger partial charge is 0.378 e. The van der Waals surface area contributed by atoms with E-state index in [0.29, 0.717) is 11.5 Å². The number of amides is 1. The van der Waals surface area contributed by atoms with Crippen LogP contribution in [0.4, 0.5) is 5.82 Å². The number of thiophene rings is 1. The average molecular weight is 496 g/mol. The number of hydrogen-bond acceptors (Lipinski definition) is 8. The quantitative estimate of drug-likeness (QED) is 0.340. The van der Waals surface area contributed by atoms with Gasteiger partial charge in [-0.1, -0.05) is 42.5 Å². The molecule has 0 radical (unpaired) electrons. The summed E-state index contributed by atoms with van der Waals surface area (Å²) in [6, 6.07) is 24.0. The van der Waals surface area contributed by atoms with Gasteiger partial charge in [-0.05, 0) is 35.7 Å². The van der Waals surface area contributed by atoms with Crippen LogP contribution in [-0.4, -0.2) is 43.0 Å². The number of carbonyl (C=O) groups is 2. The van der Waals surface area contributed by atoms with Gasteiger partial charge in [0.15, 0.2) is 18.2 Å². The maximum Gasteiger partial charge on any atom is 0.378 e. The van der Waals surface area contributed by atoms with Crippen LogP contribution in [-0.2, 0) is 9.53 Å². The van der Waals surface area contributed by atoms with Crippen LogP contribution in [0, 0.1) is 11.3 Å². The first kappa shape index (κ1) is 22.7. The van der Waals surface area contributed by atoms with E-state index < -0.39 is 18.5 Å². The first-order chi connectivity index (χ1) is 17.6. The van der Waals surface area contributed by atoms with Gasteiger partial charge in [0, 0.05) is 0 Å². The van der Waals surface area contributed by atoms with Crippen molar-refractivity contribution < 1.29 is 14.3 Å². The SMILES string of the molecule is N#Cc1cnn(-c2ccccc2)c1NC(=O)COC(=O)c1nc(-c2cccs2)n(-c2ccccc2)n1. The maximum atomic E-state index is 12.7. The number of rotatable bonds is 7. The van der Waals surface area contributed by atoms with Crippen LogP contribution in [0.2, 0.25) is 0 Å². The second-order valence-corrected chi connectivity index (χ2v) is 8.32. The minimum atomic E-state index is -0.852. The minimum absolute atomic E-state index is 0.169. The van der Waals surface area contributed by atoms with Crippen LogP contribution in [0.25, 0.3) is 22.1 Å². The van der Waals surface area contributed by atoms with E-state index in [9.17, 15) is 14.9 Å². The van der Waals surface area contributed by atoms with Crippen molar-refractivity contribution in [3.63, 3.8) is 0 Å². The monoisotopic (exact) mass is 495 g/mol. The summed E-state index contributed by atoms with van der Waals surface area (Å²) in [4.78, 5) is 30.5. The molecule has 0 aliphatic heterocycles. The van der Waals surface area contributed by atoms with Gasteiger partial charge in [-0.3, -0.25) is 4.79 Å². The number of hydrogen-bond donors (Lipinski definition) is 1. The van der Waals surface area contributed by atoms with E-state index >= 15 is 0 Å². The third-order valence-electron chi connectivity index (χ3n) is 5.01. The molecule has 0 bridgehead atoms. The Balaban J connectivity index is 1.32. The van der Waals surface area contributed by atoms with E-state index in [1.807, 2.05) is 72.1 Å². The van der Waals surface area contributed by atoms with Crippen molar-refractivity contribution in [1.29, 1.82) is 5.26 Å². The molecular weight excluding hydrogens is 478 g/mol. The highest BCUT2D eigenvalue weighted by molar-refractivity contribution is 7.13. The van der Waals surface area contributed by atoms with Crippen molar-refractivity contribution in [3.05, 3.63) is 95.8 Å². The van der Waals surface area contributed by atoms with Gasteiger partial charge in [-0.15, -0.1) is 16.4 Å². The van der Waals surface area contributed by atoms with Gasteiger partial charge in [0.05, 0.1) is 22.4 Å². The van der Waals surface area contributed by atoms with Gasteiger partial charge in [0.2, 0.25) is 0 Å². The van der Waals surface area contributed by atoms with Crippen LogP contribution in [0.3, 0.4) is 0 Å². The Morgan fingerprint density at radius 1 is 0.972 bits per heavy atom. The molecule has 0 atom stereocenters. The van der Waals surface area contributed by atoms with Crippen molar-refractivity contribution in [2.75, 3.05) is 11.9 Å². The predicted molar refractivity (Wildman–Crippen MR) is 132 cm³/mol. The fraction of sp³-hybridized carbons (Fsp3) is 0.0400. The van der Waals surface area contributed by atoms with Gasteiger partial charge in [0.25, 0.3) is 11.7 Å². The summed E-state index contributed by atoms with van der Waals surface area (Å²) in [7, 11) is 0. The van der Waals surface area contributed by atoms with E-state index in [4.69, 9.17) is 4.74 Å². The second kappa shape index (κ2) is 10.0. The molecule has 0 fully saturated rings. The van der Waals surface area contributed by atoms with E-state index in [1.54, 1.807) is 16.8 Å². The number of nitrogens with zero attached hydrogens (tertiary/aromatic N) is 6. The Bertz CT molecular complexity index is 1550. The molecule has 2 aromatic carbocycles. The molecule has 3 aromatic heterocycles. The van der Waals surface area contributed by atoms with Crippen LogP contribution in [0.15, 0.2) is 84.4 Å². The molecular formula is C25H17N7O3S. The summed E-state index contributed by atoms with van der Waals surface area (Å²) in [5.41, 5.74) is 1.55. The predicted octanol–water partition coefficient (Wildman–Crippen LogP) is 3.85. The molecule has 0 spiro atoms. The lowest BCUT2D eigenvalue weighted by Crippen LogP contribution is -2.23. The average Bonchev–Trinajstić information content (AvgIpc) is 3.68. The zero-order valence-corrected chi connectivity index (χ0v) is 19.4. The molecule has 10 nitrogen and oxygen atoms in total. The van der Waals surface area contributed by atoms with E-state index in [0.717, 1.165) is 10.6 Å². The lowest BCUT2D eigenvalue weighted by molar-refractivity contribution is -0.119. The lowest BCUT2D eigenvalue weighted by Gasteiger charge is -2.09. The summed E-state index contributed by atoms with van der Waals surface area (Å²) in [6.07, 6.45) is 1.35. The Hall–Kier alpha value is -5.08.